The number of ether oxygens (including phenoxy) is 1. The van der Waals surface area contributed by atoms with E-state index in [0.717, 1.165) is 12.8 Å². The SMILES string of the molecule is CCC(F)CNc1ncc(C(=O)OC)c(NC2CCC(O)CC2)n1. The Morgan fingerprint density at radius 2 is 2.17 bits per heavy atom. The van der Waals surface area contributed by atoms with Crippen molar-refractivity contribution in [3.05, 3.63) is 11.8 Å². The molecule has 0 radical (unpaired) electrons. The van der Waals surface area contributed by atoms with E-state index in [-0.39, 0.29) is 30.2 Å². The lowest BCUT2D eigenvalue weighted by atomic mass is 9.93. The number of aliphatic hydroxyl groups is 1. The topological polar surface area (TPSA) is 96.4 Å². The Hall–Kier alpha value is -1.96. The Morgan fingerprint density at radius 3 is 2.79 bits per heavy atom. The highest BCUT2D eigenvalue weighted by Gasteiger charge is 2.23. The van der Waals surface area contributed by atoms with Crippen LogP contribution in [-0.4, -0.2) is 53.0 Å². The molecule has 1 aliphatic rings. The van der Waals surface area contributed by atoms with Crippen LogP contribution < -0.4 is 10.6 Å². The van der Waals surface area contributed by atoms with Crippen LogP contribution in [0.4, 0.5) is 16.2 Å². The number of nitrogens with one attached hydrogen (secondary N) is 2. The molecule has 3 N–H and O–H groups in total. The van der Waals surface area contributed by atoms with E-state index in [0.29, 0.717) is 25.1 Å². The minimum atomic E-state index is -0.981. The third-order valence-electron chi connectivity index (χ3n) is 4.16. The fraction of sp³-hybridized carbons (Fsp3) is 0.688. The second-order valence-electron chi connectivity index (χ2n) is 5.98. The minimum Gasteiger partial charge on any atom is -0.465 e. The molecule has 7 nitrogen and oxygen atoms in total. The van der Waals surface area contributed by atoms with Gasteiger partial charge in [0.15, 0.2) is 0 Å². The Balaban J connectivity index is 2.12. The van der Waals surface area contributed by atoms with Crippen LogP contribution in [0.3, 0.4) is 0 Å². The van der Waals surface area contributed by atoms with Gasteiger partial charge >= 0.3 is 5.97 Å². The fourth-order valence-electron chi connectivity index (χ4n) is 2.60. The van der Waals surface area contributed by atoms with Gasteiger partial charge in [0.05, 0.1) is 13.2 Å². The van der Waals surface area contributed by atoms with Gasteiger partial charge in [-0.15, -0.1) is 0 Å². The number of methoxy groups -OCH3 is 1. The van der Waals surface area contributed by atoms with Crippen molar-refractivity contribution in [2.24, 2.45) is 0 Å². The standard InChI is InChI=1S/C16H25FN4O3/c1-3-10(17)8-18-16-19-9-13(15(23)24-2)14(21-16)20-11-4-6-12(22)7-5-11/h9-12,22H,3-8H2,1-2H3,(H2,18,19,20,21). The average Bonchev–Trinajstić information content (AvgIpc) is 2.61. The maximum Gasteiger partial charge on any atom is 0.343 e. The van der Waals surface area contributed by atoms with Crippen molar-refractivity contribution in [2.45, 2.75) is 57.3 Å². The Bertz CT molecular complexity index is 550. The lowest BCUT2D eigenvalue weighted by Gasteiger charge is -2.27. The van der Waals surface area contributed by atoms with E-state index in [9.17, 15) is 14.3 Å². The first kappa shape index (κ1) is 18.4. The van der Waals surface area contributed by atoms with E-state index in [4.69, 9.17) is 4.74 Å². The van der Waals surface area contributed by atoms with E-state index < -0.39 is 12.1 Å². The molecule has 24 heavy (non-hydrogen) atoms. The van der Waals surface area contributed by atoms with E-state index >= 15 is 0 Å². The lowest BCUT2D eigenvalue weighted by molar-refractivity contribution is 0.0600. The summed E-state index contributed by atoms with van der Waals surface area (Å²) >= 11 is 0. The van der Waals surface area contributed by atoms with Crippen LogP contribution in [0.5, 0.6) is 0 Å². The van der Waals surface area contributed by atoms with Gasteiger partial charge in [0, 0.05) is 18.8 Å². The number of hydrogen-bond acceptors (Lipinski definition) is 7. The van der Waals surface area contributed by atoms with Crippen LogP contribution in [0.25, 0.3) is 0 Å². The summed E-state index contributed by atoms with van der Waals surface area (Å²) in [6.45, 7) is 1.88. The first-order valence-corrected chi connectivity index (χ1v) is 8.31. The third kappa shape index (κ3) is 5.02. The highest BCUT2D eigenvalue weighted by atomic mass is 19.1. The van der Waals surface area contributed by atoms with Crippen LogP contribution in [0.15, 0.2) is 6.20 Å². The van der Waals surface area contributed by atoms with Gasteiger partial charge < -0.3 is 20.5 Å². The maximum absolute atomic E-state index is 13.4. The zero-order chi connectivity index (χ0) is 17.5. The number of aliphatic hydroxyl groups excluding tert-OH is 1. The molecule has 2 rings (SSSR count). The average molecular weight is 340 g/mol. The number of nitrogens with zero attached hydrogens (tertiary/aromatic N) is 2. The number of hydrogen-bond donors (Lipinski definition) is 3. The summed E-state index contributed by atoms with van der Waals surface area (Å²) in [5.41, 5.74) is 0.237. The van der Waals surface area contributed by atoms with E-state index in [1.165, 1.54) is 13.3 Å². The van der Waals surface area contributed by atoms with E-state index in [2.05, 4.69) is 20.6 Å². The van der Waals surface area contributed by atoms with Crippen molar-refractivity contribution in [1.29, 1.82) is 0 Å². The Kier molecular flexibility index (Phi) is 6.72. The molecule has 1 heterocycles. The first-order chi connectivity index (χ1) is 11.5. The fourth-order valence-corrected chi connectivity index (χ4v) is 2.60. The van der Waals surface area contributed by atoms with Gasteiger partial charge in [-0.05, 0) is 32.1 Å². The summed E-state index contributed by atoms with van der Waals surface area (Å²) in [7, 11) is 1.30. The summed E-state index contributed by atoms with van der Waals surface area (Å²) in [6.07, 6.45) is 3.53. The number of carbonyl (C=O) groups is 1. The lowest BCUT2D eigenvalue weighted by Crippen LogP contribution is -2.29. The zero-order valence-corrected chi connectivity index (χ0v) is 14.1. The normalized spacial score (nSPS) is 21.8. The van der Waals surface area contributed by atoms with Crippen molar-refractivity contribution in [1.82, 2.24) is 9.97 Å². The number of alkyl halides is 1. The largest absolute Gasteiger partial charge is 0.465 e. The highest BCUT2D eigenvalue weighted by Crippen LogP contribution is 2.24. The number of halogens is 1. The van der Waals surface area contributed by atoms with Gasteiger partial charge in [-0.25, -0.2) is 14.2 Å². The smallest absolute Gasteiger partial charge is 0.343 e. The molecule has 0 spiro atoms. The molecule has 0 saturated heterocycles. The quantitative estimate of drug-likeness (QED) is 0.654. The zero-order valence-electron chi connectivity index (χ0n) is 14.1. The molecule has 1 aromatic heterocycles. The predicted octanol–water partition coefficient (Wildman–Crippen LogP) is 2.14. The van der Waals surface area contributed by atoms with Crippen LogP contribution in [0, 0.1) is 0 Å². The van der Waals surface area contributed by atoms with Crippen molar-refractivity contribution in [3.63, 3.8) is 0 Å². The molecule has 0 aromatic carbocycles. The molecule has 0 bridgehead atoms. The van der Waals surface area contributed by atoms with Crippen molar-refractivity contribution in [2.75, 3.05) is 24.3 Å². The molecular formula is C16H25FN4O3. The molecule has 134 valence electrons. The van der Waals surface area contributed by atoms with E-state index in [1.54, 1.807) is 6.92 Å². The second-order valence-corrected chi connectivity index (χ2v) is 5.98. The van der Waals surface area contributed by atoms with Gasteiger partial charge in [-0.3, -0.25) is 0 Å². The number of carbonyl (C=O) groups excluding carboxylic acids is 1. The summed E-state index contributed by atoms with van der Waals surface area (Å²) in [5, 5.41) is 15.7. The molecule has 1 unspecified atom stereocenters. The van der Waals surface area contributed by atoms with Gasteiger partial charge in [0.2, 0.25) is 5.95 Å². The molecule has 1 aliphatic carbocycles. The highest BCUT2D eigenvalue weighted by molar-refractivity contribution is 5.94. The van der Waals surface area contributed by atoms with Crippen LogP contribution in [-0.2, 0) is 4.74 Å². The van der Waals surface area contributed by atoms with Crippen molar-refractivity contribution < 1.29 is 19.0 Å². The Morgan fingerprint density at radius 1 is 1.46 bits per heavy atom. The van der Waals surface area contributed by atoms with Crippen LogP contribution >= 0.6 is 0 Å². The number of esters is 1. The monoisotopic (exact) mass is 340 g/mol. The first-order valence-electron chi connectivity index (χ1n) is 8.31. The van der Waals surface area contributed by atoms with Gasteiger partial charge in [-0.1, -0.05) is 6.92 Å². The third-order valence-corrected chi connectivity index (χ3v) is 4.16. The summed E-state index contributed by atoms with van der Waals surface area (Å²) < 4.78 is 18.1. The molecule has 8 heteroatoms. The van der Waals surface area contributed by atoms with Crippen LogP contribution in [0.2, 0.25) is 0 Å². The molecular weight excluding hydrogens is 315 g/mol. The van der Waals surface area contributed by atoms with Gasteiger partial charge in [0.25, 0.3) is 0 Å². The number of anilines is 2. The molecule has 1 aromatic rings. The second kappa shape index (κ2) is 8.77. The van der Waals surface area contributed by atoms with Gasteiger partial charge in [0.1, 0.15) is 17.6 Å². The van der Waals surface area contributed by atoms with Crippen LogP contribution in [0.1, 0.15) is 49.4 Å². The molecule has 1 saturated carbocycles. The van der Waals surface area contributed by atoms with E-state index in [1.807, 2.05) is 0 Å². The molecule has 0 amide bonds. The summed E-state index contributed by atoms with van der Waals surface area (Å²) in [4.78, 5) is 20.2. The number of rotatable bonds is 7. The Labute approximate surface area is 141 Å². The molecule has 0 aliphatic heterocycles. The molecule has 1 fully saturated rings. The van der Waals surface area contributed by atoms with Gasteiger partial charge in [-0.2, -0.15) is 4.98 Å². The minimum absolute atomic E-state index is 0.114. The van der Waals surface area contributed by atoms with Crippen molar-refractivity contribution >= 4 is 17.7 Å². The molecule has 1 atom stereocenters. The predicted molar refractivity (Wildman–Crippen MR) is 88.9 cm³/mol. The summed E-state index contributed by atoms with van der Waals surface area (Å²) in [6, 6.07) is 0.115. The van der Waals surface area contributed by atoms with Crippen molar-refractivity contribution in [3.8, 4) is 0 Å². The maximum atomic E-state index is 13.4. The number of aromatic nitrogens is 2. The summed E-state index contributed by atoms with van der Waals surface area (Å²) in [5.74, 6) is 0.0987.